The van der Waals surface area contributed by atoms with Crippen LogP contribution in [0.2, 0.25) is 5.02 Å². The Morgan fingerprint density at radius 2 is 2.06 bits per heavy atom. The average molecular weight is 331 g/mol. The fourth-order valence-electron chi connectivity index (χ4n) is 2.73. The normalized spacial score (nSPS) is 24.5. The van der Waals surface area contributed by atoms with Gasteiger partial charge in [-0.1, -0.05) is 52.5 Å². The highest BCUT2D eigenvalue weighted by atomic mass is 79.9. The quantitative estimate of drug-likeness (QED) is 0.720. The second-order valence-corrected chi connectivity index (χ2v) is 6.96. The van der Waals surface area contributed by atoms with Gasteiger partial charge in [0, 0.05) is 22.4 Å². The fourth-order valence-corrected chi connectivity index (χ4v) is 4.02. The van der Waals surface area contributed by atoms with Gasteiger partial charge in [0.15, 0.2) is 0 Å². The molecule has 1 aliphatic carbocycles. The molecule has 2 atom stereocenters. The van der Waals surface area contributed by atoms with Gasteiger partial charge in [-0.2, -0.15) is 0 Å². The number of hydrogen-bond acceptors (Lipinski definition) is 1. The van der Waals surface area contributed by atoms with E-state index in [-0.39, 0.29) is 0 Å². The lowest BCUT2D eigenvalue weighted by Gasteiger charge is -2.35. The van der Waals surface area contributed by atoms with Crippen molar-refractivity contribution in [1.29, 1.82) is 0 Å². The van der Waals surface area contributed by atoms with Crippen LogP contribution in [0.3, 0.4) is 0 Å². The van der Waals surface area contributed by atoms with Gasteiger partial charge in [-0.15, -0.1) is 0 Å². The van der Waals surface area contributed by atoms with Crippen molar-refractivity contribution in [3.05, 3.63) is 34.3 Å². The third-order valence-electron chi connectivity index (χ3n) is 3.84. The Bertz CT molecular complexity index is 407. The first-order chi connectivity index (χ1) is 8.58. The summed E-state index contributed by atoms with van der Waals surface area (Å²) >= 11 is 10.1. The zero-order valence-corrected chi connectivity index (χ0v) is 13.5. The molecule has 0 spiro atoms. The van der Waals surface area contributed by atoms with Crippen LogP contribution in [0, 0.1) is 6.92 Å². The number of benzene rings is 1. The van der Waals surface area contributed by atoms with Crippen LogP contribution in [0.1, 0.15) is 36.8 Å². The first kappa shape index (κ1) is 14.4. The summed E-state index contributed by atoms with van der Waals surface area (Å²) < 4.78 is 0. The molecule has 1 aromatic rings. The lowest BCUT2D eigenvalue weighted by Crippen LogP contribution is -2.40. The van der Waals surface area contributed by atoms with Gasteiger partial charge in [-0.25, -0.2) is 0 Å². The van der Waals surface area contributed by atoms with Crippen LogP contribution in [0.5, 0.6) is 0 Å². The molecule has 1 aliphatic rings. The van der Waals surface area contributed by atoms with E-state index in [1.807, 2.05) is 0 Å². The van der Waals surface area contributed by atoms with Crippen molar-refractivity contribution < 1.29 is 0 Å². The van der Waals surface area contributed by atoms with Gasteiger partial charge >= 0.3 is 0 Å². The third-order valence-corrected chi connectivity index (χ3v) is 5.26. The topological polar surface area (TPSA) is 3.24 Å². The molecule has 0 amide bonds. The van der Waals surface area contributed by atoms with Crippen LogP contribution < -0.4 is 0 Å². The van der Waals surface area contributed by atoms with Crippen LogP contribution in [0.15, 0.2) is 18.2 Å². The molecule has 0 aliphatic heterocycles. The largest absolute Gasteiger partial charge is 0.298 e. The number of halogens is 2. The lowest BCUT2D eigenvalue weighted by molar-refractivity contribution is 0.193. The first-order valence-electron chi connectivity index (χ1n) is 6.67. The van der Waals surface area contributed by atoms with E-state index in [0.717, 1.165) is 11.6 Å². The Morgan fingerprint density at radius 1 is 1.33 bits per heavy atom. The Morgan fingerprint density at radius 3 is 2.72 bits per heavy atom. The molecule has 1 fully saturated rings. The molecular formula is C15H21BrClN. The predicted octanol–water partition coefficient (Wildman–Crippen LogP) is 4.79. The molecule has 1 saturated carbocycles. The van der Waals surface area contributed by atoms with E-state index in [1.54, 1.807) is 0 Å². The molecule has 0 radical (unpaired) electrons. The zero-order valence-electron chi connectivity index (χ0n) is 11.1. The maximum atomic E-state index is 6.31. The van der Waals surface area contributed by atoms with Crippen LogP contribution >= 0.6 is 27.5 Å². The van der Waals surface area contributed by atoms with E-state index in [4.69, 9.17) is 11.6 Å². The Balaban J connectivity index is 2.03. The second-order valence-electron chi connectivity index (χ2n) is 5.38. The number of aryl methyl sites for hydroxylation is 1. The van der Waals surface area contributed by atoms with Crippen LogP contribution in [0.4, 0.5) is 0 Å². The summed E-state index contributed by atoms with van der Waals surface area (Å²) in [7, 11) is 2.21. The van der Waals surface area contributed by atoms with Crippen molar-refractivity contribution in [2.75, 3.05) is 7.05 Å². The molecule has 2 rings (SSSR count). The van der Waals surface area contributed by atoms with E-state index in [2.05, 4.69) is 53.0 Å². The zero-order chi connectivity index (χ0) is 13.1. The van der Waals surface area contributed by atoms with E-state index in [9.17, 15) is 0 Å². The summed E-state index contributed by atoms with van der Waals surface area (Å²) in [6, 6.07) is 6.98. The molecule has 0 bridgehead atoms. The highest BCUT2D eigenvalue weighted by Crippen LogP contribution is 2.29. The van der Waals surface area contributed by atoms with Crippen LogP contribution in [-0.4, -0.2) is 22.8 Å². The van der Waals surface area contributed by atoms with Gasteiger partial charge < -0.3 is 0 Å². The molecule has 0 aromatic heterocycles. The summed E-state index contributed by atoms with van der Waals surface area (Å²) in [5.41, 5.74) is 2.46. The molecule has 0 heterocycles. The summed E-state index contributed by atoms with van der Waals surface area (Å²) in [4.78, 5) is 3.07. The Kier molecular flexibility index (Phi) is 5.11. The summed E-state index contributed by atoms with van der Waals surface area (Å²) in [6.45, 7) is 3.01. The molecule has 0 saturated heterocycles. The van der Waals surface area contributed by atoms with E-state index in [1.165, 1.54) is 36.8 Å². The van der Waals surface area contributed by atoms with Crippen molar-refractivity contribution in [3.8, 4) is 0 Å². The van der Waals surface area contributed by atoms with Crippen LogP contribution in [0.25, 0.3) is 0 Å². The van der Waals surface area contributed by atoms with Gasteiger partial charge in [0.05, 0.1) is 0 Å². The van der Waals surface area contributed by atoms with Crippen molar-refractivity contribution in [2.45, 2.75) is 50.0 Å². The van der Waals surface area contributed by atoms with E-state index < -0.39 is 0 Å². The molecule has 18 heavy (non-hydrogen) atoms. The van der Waals surface area contributed by atoms with Crippen molar-refractivity contribution in [3.63, 3.8) is 0 Å². The van der Waals surface area contributed by atoms with Crippen molar-refractivity contribution in [2.24, 2.45) is 0 Å². The Hall–Kier alpha value is -0.0500. The SMILES string of the molecule is Cc1ccc(CN(C)C2CCCCC2Br)c(Cl)c1. The summed E-state index contributed by atoms with van der Waals surface area (Å²) in [5.74, 6) is 0. The summed E-state index contributed by atoms with van der Waals surface area (Å²) in [5, 5.41) is 0.892. The summed E-state index contributed by atoms with van der Waals surface area (Å²) in [6.07, 6.45) is 5.27. The molecule has 1 nitrogen and oxygen atoms in total. The monoisotopic (exact) mass is 329 g/mol. The molecule has 100 valence electrons. The minimum Gasteiger partial charge on any atom is -0.298 e. The van der Waals surface area contributed by atoms with Crippen molar-refractivity contribution in [1.82, 2.24) is 4.90 Å². The van der Waals surface area contributed by atoms with Gasteiger partial charge in [0.1, 0.15) is 0 Å². The highest BCUT2D eigenvalue weighted by Gasteiger charge is 2.26. The van der Waals surface area contributed by atoms with Crippen LogP contribution in [-0.2, 0) is 6.54 Å². The molecular weight excluding hydrogens is 310 g/mol. The smallest absolute Gasteiger partial charge is 0.0453 e. The fraction of sp³-hybridized carbons (Fsp3) is 0.600. The minimum atomic E-state index is 0.625. The first-order valence-corrected chi connectivity index (χ1v) is 7.96. The maximum Gasteiger partial charge on any atom is 0.0453 e. The lowest BCUT2D eigenvalue weighted by atomic mass is 9.94. The number of hydrogen-bond donors (Lipinski definition) is 0. The van der Waals surface area contributed by atoms with Crippen molar-refractivity contribution >= 4 is 27.5 Å². The average Bonchev–Trinajstić information content (AvgIpc) is 2.33. The molecule has 2 unspecified atom stereocenters. The van der Waals surface area contributed by atoms with Gasteiger partial charge in [0.25, 0.3) is 0 Å². The van der Waals surface area contributed by atoms with E-state index >= 15 is 0 Å². The van der Waals surface area contributed by atoms with E-state index in [0.29, 0.717) is 10.9 Å². The molecule has 1 aromatic carbocycles. The number of nitrogens with zero attached hydrogens (tertiary/aromatic N) is 1. The Labute approximate surface area is 124 Å². The molecule has 3 heteroatoms. The number of alkyl halides is 1. The van der Waals surface area contributed by atoms with Gasteiger partial charge in [-0.05, 0) is 44.0 Å². The predicted molar refractivity (Wildman–Crippen MR) is 82.6 cm³/mol. The second kappa shape index (κ2) is 6.40. The standard InChI is InChI=1S/C15H21BrClN/c1-11-7-8-12(14(17)9-11)10-18(2)15-6-4-3-5-13(15)16/h7-9,13,15H,3-6,10H2,1-2H3. The van der Waals surface area contributed by atoms with Gasteiger partial charge in [-0.3, -0.25) is 4.90 Å². The maximum absolute atomic E-state index is 6.31. The molecule has 0 N–H and O–H groups in total. The van der Waals surface area contributed by atoms with Gasteiger partial charge in [0.2, 0.25) is 0 Å². The minimum absolute atomic E-state index is 0.625. The number of rotatable bonds is 3. The highest BCUT2D eigenvalue weighted by molar-refractivity contribution is 9.09. The third kappa shape index (κ3) is 3.49.